The molecule has 7 nitrogen and oxygen atoms in total. The Balaban J connectivity index is 1.48. The van der Waals surface area contributed by atoms with Crippen LogP contribution in [0.4, 0.5) is 5.82 Å². The first kappa shape index (κ1) is 14.2. The van der Waals surface area contributed by atoms with E-state index in [1.807, 2.05) is 17.5 Å². The molecule has 1 aliphatic rings. The smallest absolute Gasteiger partial charge is 0.203 e. The van der Waals surface area contributed by atoms with Gasteiger partial charge in [-0.1, -0.05) is 0 Å². The fourth-order valence-corrected chi connectivity index (χ4v) is 2.72. The van der Waals surface area contributed by atoms with Gasteiger partial charge >= 0.3 is 0 Å². The third-order valence-corrected chi connectivity index (χ3v) is 3.96. The molecule has 1 fully saturated rings. The van der Waals surface area contributed by atoms with Gasteiger partial charge in [0.15, 0.2) is 5.82 Å². The third kappa shape index (κ3) is 3.30. The molecule has 0 bridgehead atoms. The van der Waals surface area contributed by atoms with Crippen molar-refractivity contribution >= 4 is 11.5 Å². The number of rotatable bonds is 5. The molecule has 0 spiro atoms. The highest BCUT2D eigenvalue weighted by atomic mass is 16.5. The van der Waals surface area contributed by atoms with Gasteiger partial charge in [0.2, 0.25) is 5.65 Å². The van der Waals surface area contributed by atoms with Gasteiger partial charge in [-0.3, -0.25) is 4.40 Å². The largest absolute Gasteiger partial charge is 0.376 e. The number of nitrogens with two attached hydrogens (primary N) is 1. The maximum absolute atomic E-state index is 5.89. The maximum Gasteiger partial charge on any atom is 0.203 e. The molecule has 0 aromatic carbocycles. The van der Waals surface area contributed by atoms with Crippen LogP contribution in [0, 0.1) is 6.92 Å². The summed E-state index contributed by atoms with van der Waals surface area (Å²) in [4.78, 5) is 4.31. The highest BCUT2D eigenvalue weighted by molar-refractivity contribution is 5.61. The Bertz CT molecular complexity index is 590. The standard InChI is InChI=1S/C14H22N6O/c1-10-18-19-14-13(16-6-8-20(10)14)17-7-9-21-12-4-2-11(15)3-5-12/h6,8,11-12H,2-5,7,9,15H2,1H3,(H,16,17). The van der Waals surface area contributed by atoms with Crippen molar-refractivity contribution in [3.63, 3.8) is 0 Å². The molecule has 0 amide bonds. The second-order valence-corrected chi connectivity index (χ2v) is 5.55. The Morgan fingerprint density at radius 2 is 2.14 bits per heavy atom. The molecule has 3 rings (SSSR count). The van der Waals surface area contributed by atoms with Gasteiger partial charge in [0.25, 0.3) is 0 Å². The molecule has 1 saturated carbocycles. The van der Waals surface area contributed by atoms with E-state index in [1.165, 1.54) is 0 Å². The first-order chi connectivity index (χ1) is 10.2. The van der Waals surface area contributed by atoms with Crippen molar-refractivity contribution in [3.8, 4) is 0 Å². The van der Waals surface area contributed by atoms with Gasteiger partial charge in [-0.15, -0.1) is 10.2 Å². The zero-order valence-corrected chi connectivity index (χ0v) is 12.3. The predicted molar refractivity (Wildman–Crippen MR) is 80.2 cm³/mol. The van der Waals surface area contributed by atoms with Gasteiger partial charge in [0.05, 0.1) is 12.7 Å². The lowest BCUT2D eigenvalue weighted by Gasteiger charge is -2.26. The minimum atomic E-state index is 0.352. The maximum atomic E-state index is 5.89. The van der Waals surface area contributed by atoms with E-state index in [9.17, 15) is 0 Å². The monoisotopic (exact) mass is 290 g/mol. The van der Waals surface area contributed by atoms with Gasteiger partial charge < -0.3 is 15.8 Å². The molecule has 2 aromatic heterocycles. The molecule has 0 unspecified atom stereocenters. The predicted octanol–water partition coefficient (Wildman–Crippen LogP) is 1.13. The van der Waals surface area contributed by atoms with Gasteiger partial charge in [-0.25, -0.2) is 4.98 Å². The summed E-state index contributed by atoms with van der Waals surface area (Å²) in [5.74, 6) is 1.60. The molecule has 114 valence electrons. The molecule has 2 aromatic rings. The number of anilines is 1. The summed E-state index contributed by atoms with van der Waals surface area (Å²) in [7, 11) is 0. The van der Waals surface area contributed by atoms with E-state index >= 15 is 0 Å². The molecule has 0 aliphatic heterocycles. The fourth-order valence-electron chi connectivity index (χ4n) is 2.72. The van der Waals surface area contributed by atoms with Crippen LogP contribution in [0.1, 0.15) is 31.5 Å². The summed E-state index contributed by atoms with van der Waals surface area (Å²) in [5.41, 5.74) is 6.64. The highest BCUT2D eigenvalue weighted by Crippen LogP contribution is 2.19. The van der Waals surface area contributed by atoms with Crippen LogP contribution in [0.5, 0.6) is 0 Å². The topological polar surface area (TPSA) is 90.4 Å². The van der Waals surface area contributed by atoms with E-state index in [0.29, 0.717) is 25.3 Å². The van der Waals surface area contributed by atoms with Crippen LogP contribution in [-0.2, 0) is 4.74 Å². The van der Waals surface area contributed by atoms with Crippen molar-refractivity contribution in [2.45, 2.75) is 44.8 Å². The zero-order valence-electron chi connectivity index (χ0n) is 12.3. The number of hydrogen-bond acceptors (Lipinski definition) is 6. The summed E-state index contributed by atoms with van der Waals surface area (Å²) >= 11 is 0. The summed E-state index contributed by atoms with van der Waals surface area (Å²) in [6, 6.07) is 0.362. The van der Waals surface area contributed by atoms with Crippen LogP contribution >= 0.6 is 0 Å². The van der Waals surface area contributed by atoms with E-state index in [1.54, 1.807) is 6.20 Å². The van der Waals surface area contributed by atoms with Crippen LogP contribution in [0.3, 0.4) is 0 Å². The van der Waals surface area contributed by atoms with Crippen molar-refractivity contribution in [1.82, 2.24) is 19.6 Å². The second kappa shape index (κ2) is 6.36. The Morgan fingerprint density at radius 3 is 2.95 bits per heavy atom. The normalized spacial score (nSPS) is 22.6. The third-order valence-electron chi connectivity index (χ3n) is 3.96. The van der Waals surface area contributed by atoms with Crippen molar-refractivity contribution in [2.24, 2.45) is 5.73 Å². The summed E-state index contributed by atoms with van der Waals surface area (Å²) in [6.45, 7) is 3.29. The van der Waals surface area contributed by atoms with Crippen molar-refractivity contribution in [2.75, 3.05) is 18.5 Å². The number of hydrogen-bond donors (Lipinski definition) is 2. The molecule has 3 N–H and O–H groups in total. The molecule has 1 aliphatic carbocycles. The van der Waals surface area contributed by atoms with E-state index in [2.05, 4.69) is 20.5 Å². The SMILES string of the molecule is Cc1nnc2c(NCCOC3CCC(N)CC3)nccn12. The number of nitrogens with one attached hydrogen (secondary N) is 1. The summed E-state index contributed by atoms with van der Waals surface area (Å²) in [5, 5.41) is 11.4. The van der Waals surface area contributed by atoms with Crippen LogP contribution in [0.2, 0.25) is 0 Å². The van der Waals surface area contributed by atoms with E-state index in [0.717, 1.165) is 43.0 Å². The molecule has 0 saturated heterocycles. The average molecular weight is 290 g/mol. The quantitative estimate of drug-likeness (QED) is 0.802. The molecule has 0 atom stereocenters. The lowest BCUT2D eigenvalue weighted by molar-refractivity contribution is 0.0313. The lowest BCUT2D eigenvalue weighted by atomic mass is 9.94. The van der Waals surface area contributed by atoms with Gasteiger partial charge in [0.1, 0.15) is 5.82 Å². The number of aryl methyl sites for hydroxylation is 1. The van der Waals surface area contributed by atoms with Crippen LogP contribution < -0.4 is 11.1 Å². The molecular formula is C14H22N6O. The molecule has 7 heteroatoms. The Labute approximate surface area is 123 Å². The van der Waals surface area contributed by atoms with Gasteiger partial charge in [0, 0.05) is 25.0 Å². The molecule has 2 heterocycles. The number of ether oxygens (including phenoxy) is 1. The second-order valence-electron chi connectivity index (χ2n) is 5.55. The first-order valence-electron chi connectivity index (χ1n) is 7.51. The number of nitrogens with zero attached hydrogens (tertiary/aromatic N) is 4. The lowest BCUT2D eigenvalue weighted by Crippen LogP contribution is -2.31. The van der Waals surface area contributed by atoms with E-state index in [4.69, 9.17) is 10.5 Å². The van der Waals surface area contributed by atoms with Crippen LogP contribution in [0.25, 0.3) is 5.65 Å². The molecular weight excluding hydrogens is 268 g/mol. The van der Waals surface area contributed by atoms with Crippen LogP contribution in [-0.4, -0.2) is 44.9 Å². The summed E-state index contributed by atoms with van der Waals surface area (Å²) < 4.78 is 7.80. The number of aromatic nitrogens is 4. The average Bonchev–Trinajstić information content (AvgIpc) is 2.88. The van der Waals surface area contributed by atoms with E-state index < -0.39 is 0 Å². The van der Waals surface area contributed by atoms with Gasteiger partial charge in [-0.05, 0) is 32.6 Å². The fraction of sp³-hybridized carbons (Fsp3) is 0.643. The number of fused-ring (bicyclic) bond motifs is 1. The Morgan fingerprint density at radius 1 is 1.33 bits per heavy atom. The minimum Gasteiger partial charge on any atom is -0.376 e. The van der Waals surface area contributed by atoms with Crippen molar-refractivity contribution in [1.29, 1.82) is 0 Å². The minimum absolute atomic E-state index is 0.352. The highest BCUT2D eigenvalue weighted by Gasteiger charge is 2.18. The first-order valence-corrected chi connectivity index (χ1v) is 7.51. The van der Waals surface area contributed by atoms with Gasteiger partial charge in [-0.2, -0.15) is 0 Å². The zero-order chi connectivity index (χ0) is 14.7. The van der Waals surface area contributed by atoms with Crippen molar-refractivity contribution in [3.05, 3.63) is 18.2 Å². The summed E-state index contributed by atoms with van der Waals surface area (Å²) in [6.07, 6.45) is 8.23. The molecule has 0 radical (unpaired) electrons. The Hall–Kier alpha value is -1.73. The van der Waals surface area contributed by atoms with Crippen LogP contribution in [0.15, 0.2) is 12.4 Å². The van der Waals surface area contributed by atoms with Crippen molar-refractivity contribution < 1.29 is 4.74 Å². The van der Waals surface area contributed by atoms with E-state index in [-0.39, 0.29) is 0 Å². The molecule has 21 heavy (non-hydrogen) atoms. The Kier molecular flexibility index (Phi) is 4.31.